The second-order valence-corrected chi connectivity index (χ2v) is 6.17. The summed E-state index contributed by atoms with van der Waals surface area (Å²) in [5, 5.41) is 2.56. The molecule has 0 bridgehead atoms. The van der Waals surface area contributed by atoms with Gasteiger partial charge in [0.1, 0.15) is 17.2 Å². The van der Waals surface area contributed by atoms with Crippen LogP contribution in [0, 0.1) is 13.8 Å². The van der Waals surface area contributed by atoms with Crippen LogP contribution in [-0.4, -0.2) is 12.1 Å². The summed E-state index contributed by atoms with van der Waals surface area (Å²) in [7, 11) is 1.64. The van der Waals surface area contributed by atoms with E-state index in [9.17, 15) is 0 Å². The number of thiazole rings is 1. The van der Waals surface area contributed by atoms with E-state index >= 15 is 0 Å². The minimum absolute atomic E-state index is 0.579. The number of rotatable bonds is 4. The van der Waals surface area contributed by atoms with E-state index in [2.05, 4.69) is 18.8 Å². The Morgan fingerprint density at radius 2 is 1.70 bits per heavy atom. The lowest BCUT2D eigenvalue weighted by Crippen LogP contribution is -1.93. The van der Waals surface area contributed by atoms with Crippen LogP contribution in [0.1, 0.15) is 11.1 Å². The second-order valence-electron chi connectivity index (χ2n) is 5.28. The molecule has 4 nitrogen and oxygen atoms in total. The molecule has 1 aromatic heterocycles. The number of benzene rings is 2. The van der Waals surface area contributed by atoms with E-state index in [4.69, 9.17) is 15.2 Å². The van der Waals surface area contributed by atoms with Gasteiger partial charge in [-0.05, 0) is 49.2 Å². The predicted octanol–water partition coefficient (Wildman–Crippen LogP) is 4.81. The third-order valence-corrected chi connectivity index (χ3v) is 4.24. The summed E-state index contributed by atoms with van der Waals surface area (Å²) in [4.78, 5) is 4.38. The molecule has 118 valence electrons. The zero-order chi connectivity index (χ0) is 16.4. The third kappa shape index (κ3) is 3.29. The number of nitrogen functional groups attached to an aromatic ring is 1. The van der Waals surface area contributed by atoms with Gasteiger partial charge in [-0.3, -0.25) is 0 Å². The van der Waals surface area contributed by atoms with E-state index in [-0.39, 0.29) is 0 Å². The highest BCUT2D eigenvalue weighted by Crippen LogP contribution is 2.34. The quantitative estimate of drug-likeness (QED) is 0.747. The molecule has 5 heteroatoms. The van der Waals surface area contributed by atoms with E-state index in [0.717, 1.165) is 39.6 Å². The molecule has 2 aromatic carbocycles. The first-order valence-electron chi connectivity index (χ1n) is 7.21. The first kappa shape index (κ1) is 15.4. The molecule has 1 heterocycles. The van der Waals surface area contributed by atoms with Gasteiger partial charge in [0.15, 0.2) is 5.13 Å². The summed E-state index contributed by atoms with van der Waals surface area (Å²) in [6.07, 6.45) is 0. The molecule has 0 unspecified atom stereocenters. The minimum atomic E-state index is 0.579. The number of ether oxygens (including phenoxy) is 2. The molecule has 0 radical (unpaired) electrons. The Labute approximate surface area is 139 Å². The van der Waals surface area contributed by atoms with Crippen LogP contribution >= 0.6 is 11.3 Å². The van der Waals surface area contributed by atoms with Gasteiger partial charge in [0.25, 0.3) is 0 Å². The molecule has 0 aliphatic carbocycles. The summed E-state index contributed by atoms with van der Waals surface area (Å²) in [6.45, 7) is 4.10. The van der Waals surface area contributed by atoms with Gasteiger partial charge in [0.05, 0.1) is 12.8 Å². The van der Waals surface area contributed by atoms with Crippen LogP contribution in [0.5, 0.6) is 17.2 Å². The largest absolute Gasteiger partial charge is 0.497 e. The number of aryl methyl sites for hydroxylation is 2. The summed E-state index contributed by atoms with van der Waals surface area (Å²) >= 11 is 1.45. The van der Waals surface area contributed by atoms with Crippen LogP contribution < -0.4 is 15.2 Å². The minimum Gasteiger partial charge on any atom is -0.497 e. The molecule has 0 aliphatic rings. The molecule has 3 rings (SSSR count). The summed E-state index contributed by atoms with van der Waals surface area (Å²) in [6, 6.07) is 11.6. The highest BCUT2D eigenvalue weighted by molar-refractivity contribution is 7.13. The lowest BCUT2D eigenvalue weighted by atomic mass is 10.0. The molecule has 0 fully saturated rings. The molecule has 2 N–H and O–H groups in total. The highest BCUT2D eigenvalue weighted by Gasteiger charge is 2.12. The van der Waals surface area contributed by atoms with Gasteiger partial charge in [0.2, 0.25) is 0 Å². The van der Waals surface area contributed by atoms with Crippen molar-refractivity contribution in [3.05, 3.63) is 52.9 Å². The van der Waals surface area contributed by atoms with Crippen molar-refractivity contribution in [1.82, 2.24) is 4.98 Å². The van der Waals surface area contributed by atoms with E-state index in [1.165, 1.54) is 11.3 Å². The van der Waals surface area contributed by atoms with Crippen LogP contribution in [0.15, 0.2) is 41.8 Å². The second kappa shape index (κ2) is 6.30. The fraction of sp³-hybridized carbons (Fsp3) is 0.167. The number of aromatic nitrogens is 1. The maximum absolute atomic E-state index is 5.96. The smallest absolute Gasteiger partial charge is 0.180 e. The average molecular weight is 326 g/mol. The number of nitrogens with zero attached hydrogens (tertiary/aromatic N) is 1. The van der Waals surface area contributed by atoms with E-state index in [1.807, 2.05) is 41.8 Å². The molecular weight excluding hydrogens is 308 g/mol. The lowest BCUT2D eigenvalue weighted by Gasteiger charge is -2.12. The molecule has 0 saturated carbocycles. The van der Waals surface area contributed by atoms with Crippen molar-refractivity contribution >= 4 is 16.5 Å². The first-order chi connectivity index (χ1) is 11.1. The monoisotopic (exact) mass is 326 g/mol. The van der Waals surface area contributed by atoms with E-state index in [1.54, 1.807) is 7.11 Å². The zero-order valence-electron chi connectivity index (χ0n) is 13.3. The van der Waals surface area contributed by atoms with Crippen molar-refractivity contribution in [2.75, 3.05) is 12.8 Å². The van der Waals surface area contributed by atoms with Gasteiger partial charge in [-0.2, -0.15) is 0 Å². The van der Waals surface area contributed by atoms with Crippen molar-refractivity contribution < 1.29 is 9.47 Å². The van der Waals surface area contributed by atoms with Gasteiger partial charge in [-0.15, -0.1) is 11.3 Å². The number of hydrogen-bond acceptors (Lipinski definition) is 5. The Hall–Kier alpha value is -2.53. The summed E-state index contributed by atoms with van der Waals surface area (Å²) < 4.78 is 11.2. The highest BCUT2D eigenvalue weighted by atomic mass is 32.1. The Morgan fingerprint density at radius 3 is 2.30 bits per heavy atom. The maximum Gasteiger partial charge on any atom is 0.180 e. The molecule has 0 amide bonds. The van der Waals surface area contributed by atoms with Gasteiger partial charge in [0, 0.05) is 17.0 Å². The van der Waals surface area contributed by atoms with Crippen molar-refractivity contribution in [3.8, 4) is 28.5 Å². The van der Waals surface area contributed by atoms with E-state index < -0.39 is 0 Å². The number of hydrogen-bond donors (Lipinski definition) is 1. The summed E-state index contributed by atoms with van der Waals surface area (Å²) in [5.41, 5.74) is 9.98. The Bertz CT molecular complexity index is 820. The molecule has 23 heavy (non-hydrogen) atoms. The normalized spacial score (nSPS) is 10.6. The third-order valence-electron chi connectivity index (χ3n) is 3.56. The van der Waals surface area contributed by atoms with Gasteiger partial charge in [-0.25, -0.2) is 4.98 Å². The molecule has 0 aliphatic heterocycles. The van der Waals surface area contributed by atoms with Crippen LogP contribution in [-0.2, 0) is 0 Å². The average Bonchev–Trinajstić information content (AvgIpc) is 2.93. The Balaban J connectivity index is 1.93. The predicted molar refractivity (Wildman–Crippen MR) is 94.5 cm³/mol. The van der Waals surface area contributed by atoms with Gasteiger partial charge < -0.3 is 15.2 Å². The van der Waals surface area contributed by atoms with Crippen molar-refractivity contribution in [3.63, 3.8) is 0 Å². The van der Waals surface area contributed by atoms with E-state index in [0.29, 0.717) is 5.13 Å². The first-order valence-corrected chi connectivity index (χ1v) is 8.09. The van der Waals surface area contributed by atoms with Gasteiger partial charge in [-0.1, -0.05) is 6.07 Å². The number of nitrogens with two attached hydrogens (primary N) is 1. The fourth-order valence-electron chi connectivity index (χ4n) is 2.59. The van der Waals surface area contributed by atoms with Gasteiger partial charge >= 0.3 is 0 Å². The Kier molecular flexibility index (Phi) is 4.21. The molecule has 0 atom stereocenters. The zero-order valence-corrected chi connectivity index (χ0v) is 14.1. The topological polar surface area (TPSA) is 57.4 Å². The molecule has 0 spiro atoms. The number of anilines is 1. The maximum atomic E-state index is 5.96. The fourth-order valence-corrected chi connectivity index (χ4v) is 3.14. The van der Waals surface area contributed by atoms with Crippen LogP contribution in [0.2, 0.25) is 0 Å². The van der Waals surface area contributed by atoms with Crippen molar-refractivity contribution in [2.45, 2.75) is 13.8 Å². The summed E-state index contributed by atoms with van der Waals surface area (Å²) in [5.74, 6) is 2.31. The van der Waals surface area contributed by atoms with Crippen LogP contribution in [0.3, 0.4) is 0 Å². The molecule has 3 aromatic rings. The van der Waals surface area contributed by atoms with Crippen molar-refractivity contribution in [2.24, 2.45) is 0 Å². The SMILES string of the molecule is COc1cccc(Oc2cc(C)c(-c3csc(N)n3)c(C)c2)c1. The van der Waals surface area contributed by atoms with Crippen LogP contribution in [0.25, 0.3) is 11.3 Å². The Morgan fingerprint density at radius 1 is 1.00 bits per heavy atom. The standard InChI is InChI=1S/C18H18N2O2S/c1-11-7-15(22-14-6-4-5-13(9-14)21-3)8-12(2)17(11)16-10-23-18(19)20-16/h4-10H,1-3H3,(H2,19,20). The number of methoxy groups -OCH3 is 1. The molecule has 0 saturated heterocycles. The lowest BCUT2D eigenvalue weighted by molar-refractivity contribution is 0.409. The molecular formula is C18H18N2O2S. The van der Waals surface area contributed by atoms with Crippen LogP contribution in [0.4, 0.5) is 5.13 Å². The van der Waals surface area contributed by atoms with Crippen molar-refractivity contribution in [1.29, 1.82) is 0 Å².